The second-order valence-electron chi connectivity index (χ2n) is 6.37. The smallest absolute Gasteiger partial charge is 0.230 e. The minimum absolute atomic E-state index is 0.153. The SMILES string of the molecule is Cc1cccc2c(Oc3ccccc3C=CC(=O)C=Cc3ccco3)ncnc12. The van der Waals surface area contributed by atoms with E-state index in [1.165, 1.54) is 18.5 Å². The van der Waals surface area contributed by atoms with Crippen molar-refractivity contribution in [3.8, 4) is 11.6 Å². The van der Waals surface area contributed by atoms with E-state index < -0.39 is 0 Å². The summed E-state index contributed by atoms with van der Waals surface area (Å²) in [7, 11) is 0. The van der Waals surface area contributed by atoms with Gasteiger partial charge in [-0.15, -0.1) is 0 Å². The highest BCUT2D eigenvalue weighted by Gasteiger charge is 2.09. The van der Waals surface area contributed by atoms with Crippen LogP contribution in [-0.4, -0.2) is 15.8 Å². The van der Waals surface area contributed by atoms with Gasteiger partial charge in [-0.05, 0) is 61.1 Å². The lowest BCUT2D eigenvalue weighted by Gasteiger charge is -2.10. The maximum atomic E-state index is 12.1. The third-order valence-electron chi connectivity index (χ3n) is 4.34. The van der Waals surface area contributed by atoms with Gasteiger partial charge in [0, 0.05) is 5.56 Å². The average Bonchev–Trinajstić information content (AvgIpc) is 3.26. The lowest BCUT2D eigenvalue weighted by atomic mass is 10.1. The maximum absolute atomic E-state index is 12.1. The van der Waals surface area contributed by atoms with Gasteiger partial charge in [-0.3, -0.25) is 4.79 Å². The predicted molar refractivity (Wildman–Crippen MR) is 113 cm³/mol. The summed E-state index contributed by atoms with van der Waals surface area (Å²) < 4.78 is 11.3. The molecule has 0 atom stereocenters. The Kier molecular flexibility index (Phi) is 5.29. The summed E-state index contributed by atoms with van der Waals surface area (Å²) in [5, 5.41) is 0.837. The number of aromatic nitrogens is 2. The normalized spacial score (nSPS) is 11.5. The van der Waals surface area contributed by atoms with Crippen molar-refractivity contribution in [3.63, 3.8) is 0 Å². The number of nitrogens with zero attached hydrogens (tertiary/aromatic N) is 2. The number of ether oxygens (including phenoxy) is 1. The van der Waals surface area contributed by atoms with Gasteiger partial charge < -0.3 is 9.15 Å². The van der Waals surface area contributed by atoms with Crippen LogP contribution in [0.1, 0.15) is 16.9 Å². The standard InChI is InChI=1S/C24H18N2O3/c1-17-6-4-9-21-23(17)25-16-26-24(21)29-22-10-3-2-7-18(22)11-12-19(27)13-14-20-8-5-15-28-20/h2-16H,1H3. The topological polar surface area (TPSA) is 65.2 Å². The van der Waals surface area contributed by atoms with Gasteiger partial charge in [0.2, 0.25) is 5.88 Å². The van der Waals surface area contributed by atoms with E-state index in [1.54, 1.807) is 30.5 Å². The van der Waals surface area contributed by atoms with Crippen LogP contribution in [0.5, 0.6) is 11.6 Å². The Bertz CT molecular complexity index is 1210. The van der Waals surface area contributed by atoms with Gasteiger partial charge in [0.05, 0.1) is 17.2 Å². The number of para-hydroxylation sites is 2. The summed E-state index contributed by atoms with van der Waals surface area (Å²) in [6.45, 7) is 2.00. The summed E-state index contributed by atoms with van der Waals surface area (Å²) in [6, 6.07) is 16.9. The Labute approximate surface area is 168 Å². The van der Waals surface area contributed by atoms with Crippen molar-refractivity contribution in [2.75, 3.05) is 0 Å². The van der Waals surface area contributed by atoms with E-state index in [-0.39, 0.29) is 5.78 Å². The highest BCUT2D eigenvalue weighted by Crippen LogP contribution is 2.30. The van der Waals surface area contributed by atoms with E-state index in [1.807, 2.05) is 49.4 Å². The molecular weight excluding hydrogens is 364 g/mol. The zero-order valence-corrected chi connectivity index (χ0v) is 15.8. The summed E-state index contributed by atoms with van der Waals surface area (Å²) >= 11 is 0. The lowest BCUT2D eigenvalue weighted by molar-refractivity contribution is -0.110. The number of fused-ring (bicyclic) bond motifs is 1. The molecule has 0 saturated carbocycles. The van der Waals surface area contributed by atoms with E-state index in [9.17, 15) is 4.79 Å². The number of allylic oxidation sites excluding steroid dienone is 2. The quantitative estimate of drug-likeness (QED) is 0.405. The molecule has 0 radical (unpaired) electrons. The van der Waals surface area contributed by atoms with E-state index in [4.69, 9.17) is 9.15 Å². The third-order valence-corrected chi connectivity index (χ3v) is 4.34. The molecule has 4 aromatic rings. The lowest BCUT2D eigenvalue weighted by Crippen LogP contribution is -1.94. The number of furan rings is 1. The molecule has 0 aliphatic carbocycles. The van der Waals surface area contributed by atoms with Gasteiger partial charge in [-0.2, -0.15) is 0 Å². The van der Waals surface area contributed by atoms with Crippen LogP contribution in [0.25, 0.3) is 23.1 Å². The highest BCUT2D eigenvalue weighted by atomic mass is 16.5. The van der Waals surface area contributed by atoms with Gasteiger partial charge in [0.25, 0.3) is 0 Å². The van der Waals surface area contributed by atoms with Crippen molar-refractivity contribution < 1.29 is 13.9 Å². The Balaban J connectivity index is 1.58. The summed E-state index contributed by atoms with van der Waals surface area (Å²) in [5.74, 6) is 1.55. The first kappa shape index (κ1) is 18.4. The molecule has 0 unspecified atom stereocenters. The monoisotopic (exact) mass is 382 g/mol. The molecule has 4 rings (SSSR count). The fraction of sp³-hybridized carbons (Fsp3) is 0.0417. The molecule has 0 amide bonds. The zero-order valence-electron chi connectivity index (χ0n) is 15.8. The number of benzene rings is 2. The maximum Gasteiger partial charge on any atom is 0.230 e. The zero-order chi connectivity index (χ0) is 20.1. The van der Waals surface area contributed by atoms with Crippen LogP contribution >= 0.6 is 0 Å². The molecule has 0 aliphatic rings. The third kappa shape index (κ3) is 4.30. The van der Waals surface area contributed by atoms with E-state index in [2.05, 4.69) is 9.97 Å². The fourth-order valence-electron chi connectivity index (χ4n) is 2.89. The number of hydrogen-bond acceptors (Lipinski definition) is 5. The Hall–Kier alpha value is -3.99. The average molecular weight is 382 g/mol. The van der Waals surface area contributed by atoms with Gasteiger partial charge in [0.15, 0.2) is 5.78 Å². The van der Waals surface area contributed by atoms with E-state index >= 15 is 0 Å². The van der Waals surface area contributed by atoms with Crippen LogP contribution in [0.2, 0.25) is 0 Å². The van der Waals surface area contributed by atoms with Crippen LogP contribution in [0, 0.1) is 6.92 Å². The number of rotatable bonds is 6. The van der Waals surface area contributed by atoms with Gasteiger partial charge in [-0.25, -0.2) is 9.97 Å². The Morgan fingerprint density at radius 1 is 0.966 bits per heavy atom. The van der Waals surface area contributed by atoms with Gasteiger partial charge in [0.1, 0.15) is 17.8 Å². The van der Waals surface area contributed by atoms with Crippen molar-refractivity contribution in [1.82, 2.24) is 9.97 Å². The molecule has 0 spiro atoms. The molecule has 0 saturated heterocycles. The van der Waals surface area contributed by atoms with Crippen LogP contribution in [0.3, 0.4) is 0 Å². The number of carbonyl (C=O) groups is 1. The number of carbonyl (C=O) groups excluding carboxylic acids is 1. The summed E-state index contributed by atoms with van der Waals surface area (Å²) in [5.41, 5.74) is 2.67. The first-order chi connectivity index (χ1) is 14.2. The number of hydrogen-bond donors (Lipinski definition) is 0. The molecule has 0 aliphatic heterocycles. The van der Waals surface area contributed by atoms with Crippen molar-refractivity contribution in [1.29, 1.82) is 0 Å². The van der Waals surface area contributed by atoms with Gasteiger partial charge >= 0.3 is 0 Å². The molecule has 0 fully saturated rings. The van der Waals surface area contributed by atoms with Crippen LogP contribution < -0.4 is 4.74 Å². The molecule has 2 aromatic carbocycles. The van der Waals surface area contributed by atoms with Crippen molar-refractivity contribution in [3.05, 3.63) is 96.2 Å². The fourth-order valence-corrected chi connectivity index (χ4v) is 2.89. The molecular formula is C24H18N2O3. The minimum atomic E-state index is -0.153. The Morgan fingerprint density at radius 3 is 2.69 bits per heavy atom. The van der Waals surface area contributed by atoms with Crippen molar-refractivity contribution >= 4 is 28.8 Å². The van der Waals surface area contributed by atoms with Crippen molar-refractivity contribution in [2.24, 2.45) is 0 Å². The molecule has 2 heterocycles. The number of aryl methyl sites for hydroxylation is 1. The molecule has 0 N–H and O–H groups in total. The number of ketones is 1. The van der Waals surface area contributed by atoms with Crippen LogP contribution in [0.15, 0.2) is 83.8 Å². The molecule has 0 bridgehead atoms. The first-order valence-corrected chi connectivity index (χ1v) is 9.11. The second kappa shape index (κ2) is 8.35. The molecule has 142 valence electrons. The molecule has 5 nitrogen and oxygen atoms in total. The summed E-state index contributed by atoms with van der Waals surface area (Å²) in [4.78, 5) is 20.7. The van der Waals surface area contributed by atoms with E-state index in [0.29, 0.717) is 17.4 Å². The van der Waals surface area contributed by atoms with E-state index in [0.717, 1.165) is 22.0 Å². The predicted octanol–water partition coefficient (Wildman–Crippen LogP) is 5.62. The Morgan fingerprint density at radius 2 is 1.83 bits per heavy atom. The minimum Gasteiger partial charge on any atom is -0.465 e. The summed E-state index contributed by atoms with van der Waals surface area (Å²) in [6.07, 6.45) is 9.35. The van der Waals surface area contributed by atoms with Crippen LogP contribution in [0.4, 0.5) is 0 Å². The largest absolute Gasteiger partial charge is 0.465 e. The highest BCUT2D eigenvalue weighted by molar-refractivity contribution is 6.04. The van der Waals surface area contributed by atoms with Gasteiger partial charge in [-0.1, -0.05) is 30.3 Å². The molecule has 2 aromatic heterocycles. The molecule has 5 heteroatoms. The first-order valence-electron chi connectivity index (χ1n) is 9.11. The second-order valence-corrected chi connectivity index (χ2v) is 6.37. The molecule has 29 heavy (non-hydrogen) atoms. The van der Waals surface area contributed by atoms with Crippen LogP contribution in [-0.2, 0) is 4.79 Å². The van der Waals surface area contributed by atoms with Crippen molar-refractivity contribution in [2.45, 2.75) is 6.92 Å².